The van der Waals surface area contributed by atoms with E-state index in [1.807, 2.05) is 18.4 Å². The molecule has 4 rings (SSSR count). The first-order valence-electron chi connectivity index (χ1n) is 11.4. The number of fused-ring (bicyclic) bond motifs is 1. The quantitative estimate of drug-likeness (QED) is 0.466. The van der Waals surface area contributed by atoms with E-state index in [0.717, 1.165) is 42.9 Å². The molecule has 7 nitrogen and oxygen atoms in total. The van der Waals surface area contributed by atoms with Crippen LogP contribution in [0.3, 0.4) is 0 Å². The van der Waals surface area contributed by atoms with E-state index in [9.17, 15) is 9.59 Å². The van der Waals surface area contributed by atoms with Crippen LogP contribution in [0, 0.1) is 0 Å². The summed E-state index contributed by atoms with van der Waals surface area (Å²) in [4.78, 5) is 25.8. The SMILES string of the molecule is CSCC[C@H](NC(=O)c1ccccc1)C(=O)Nc1ccc(Cl)c(-c2nnc3n2CCCCC3)c1. The van der Waals surface area contributed by atoms with Gasteiger partial charge in [0.25, 0.3) is 5.91 Å². The average molecular weight is 498 g/mol. The van der Waals surface area contributed by atoms with Gasteiger partial charge in [-0.25, -0.2) is 0 Å². The Kier molecular flexibility index (Phi) is 8.24. The molecule has 2 aromatic carbocycles. The van der Waals surface area contributed by atoms with Crippen molar-refractivity contribution in [1.82, 2.24) is 20.1 Å². The van der Waals surface area contributed by atoms with Crippen LogP contribution in [0.5, 0.6) is 0 Å². The predicted octanol–water partition coefficient (Wildman–Crippen LogP) is 4.82. The summed E-state index contributed by atoms with van der Waals surface area (Å²) in [6.07, 6.45) is 6.74. The number of halogens is 1. The summed E-state index contributed by atoms with van der Waals surface area (Å²) in [7, 11) is 0. The highest BCUT2D eigenvalue weighted by atomic mass is 35.5. The number of amides is 2. The number of hydrogen-bond acceptors (Lipinski definition) is 5. The zero-order valence-corrected chi connectivity index (χ0v) is 20.7. The van der Waals surface area contributed by atoms with E-state index >= 15 is 0 Å². The number of nitrogens with zero attached hydrogens (tertiary/aromatic N) is 3. The molecule has 1 atom stereocenters. The van der Waals surface area contributed by atoms with Crippen molar-refractivity contribution in [3.8, 4) is 11.4 Å². The molecule has 2 heterocycles. The fourth-order valence-corrected chi connectivity index (χ4v) is 4.70. The molecule has 3 aromatic rings. The highest BCUT2D eigenvalue weighted by molar-refractivity contribution is 7.98. The Morgan fingerprint density at radius 2 is 1.94 bits per heavy atom. The monoisotopic (exact) mass is 497 g/mol. The maximum atomic E-state index is 13.1. The van der Waals surface area contributed by atoms with E-state index in [0.29, 0.717) is 28.5 Å². The van der Waals surface area contributed by atoms with Crippen molar-refractivity contribution in [1.29, 1.82) is 0 Å². The van der Waals surface area contributed by atoms with Crippen molar-refractivity contribution in [2.75, 3.05) is 17.3 Å². The van der Waals surface area contributed by atoms with Gasteiger partial charge in [0.15, 0.2) is 5.82 Å². The second-order valence-corrected chi connectivity index (χ2v) is 9.65. The molecule has 2 amide bonds. The summed E-state index contributed by atoms with van der Waals surface area (Å²) in [5.74, 6) is 1.88. The topological polar surface area (TPSA) is 88.9 Å². The predicted molar refractivity (Wildman–Crippen MR) is 137 cm³/mol. The van der Waals surface area contributed by atoms with Crippen LogP contribution in [0.15, 0.2) is 48.5 Å². The van der Waals surface area contributed by atoms with Crippen molar-refractivity contribution < 1.29 is 9.59 Å². The van der Waals surface area contributed by atoms with E-state index in [2.05, 4.69) is 25.4 Å². The van der Waals surface area contributed by atoms with Gasteiger partial charge in [0.1, 0.15) is 11.9 Å². The van der Waals surface area contributed by atoms with Gasteiger partial charge in [-0.1, -0.05) is 36.2 Å². The van der Waals surface area contributed by atoms with Gasteiger partial charge < -0.3 is 15.2 Å². The van der Waals surface area contributed by atoms with Crippen molar-refractivity contribution in [3.63, 3.8) is 0 Å². The van der Waals surface area contributed by atoms with Crippen LogP contribution in [0.4, 0.5) is 5.69 Å². The molecule has 2 N–H and O–H groups in total. The fourth-order valence-electron chi connectivity index (χ4n) is 4.02. The molecule has 178 valence electrons. The van der Waals surface area contributed by atoms with Crippen molar-refractivity contribution >= 4 is 40.9 Å². The first-order valence-corrected chi connectivity index (χ1v) is 13.2. The minimum Gasteiger partial charge on any atom is -0.340 e. The van der Waals surface area contributed by atoms with E-state index in [4.69, 9.17) is 11.6 Å². The first-order chi connectivity index (χ1) is 16.6. The van der Waals surface area contributed by atoms with Gasteiger partial charge >= 0.3 is 0 Å². The number of carbonyl (C=O) groups excluding carboxylic acids is 2. The second-order valence-electron chi connectivity index (χ2n) is 8.26. The maximum absolute atomic E-state index is 13.1. The molecule has 0 aliphatic carbocycles. The molecule has 0 bridgehead atoms. The van der Waals surface area contributed by atoms with E-state index in [1.165, 1.54) is 6.42 Å². The van der Waals surface area contributed by atoms with Crippen LogP contribution in [-0.2, 0) is 17.8 Å². The number of hydrogen-bond donors (Lipinski definition) is 2. The van der Waals surface area contributed by atoms with Gasteiger partial charge in [0.05, 0.1) is 5.02 Å². The summed E-state index contributed by atoms with van der Waals surface area (Å²) >= 11 is 8.15. The summed E-state index contributed by atoms with van der Waals surface area (Å²) in [5, 5.41) is 15.1. The summed E-state index contributed by atoms with van der Waals surface area (Å²) in [6, 6.07) is 13.6. The summed E-state index contributed by atoms with van der Waals surface area (Å²) in [5.41, 5.74) is 1.85. The van der Waals surface area contributed by atoms with Gasteiger partial charge in [-0.2, -0.15) is 11.8 Å². The summed E-state index contributed by atoms with van der Waals surface area (Å²) in [6.45, 7) is 0.854. The van der Waals surface area contributed by atoms with Crippen LogP contribution >= 0.6 is 23.4 Å². The number of aryl methyl sites for hydroxylation is 1. The van der Waals surface area contributed by atoms with Crippen LogP contribution < -0.4 is 10.6 Å². The highest BCUT2D eigenvalue weighted by Gasteiger charge is 2.23. The Morgan fingerprint density at radius 3 is 2.74 bits per heavy atom. The second kappa shape index (κ2) is 11.5. The van der Waals surface area contributed by atoms with Crippen LogP contribution in [0.2, 0.25) is 5.02 Å². The number of anilines is 1. The Hall–Kier alpha value is -2.84. The third kappa shape index (κ3) is 5.80. The van der Waals surface area contributed by atoms with E-state index in [1.54, 1.807) is 48.2 Å². The lowest BCUT2D eigenvalue weighted by molar-refractivity contribution is -0.118. The van der Waals surface area contributed by atoms with Gasteiger partial charge in [-0.15, -0.1) is 10.2 Å². The molecule has 0 saturated heterocycles. The minimum absolute atomic E-state index is 0.272. The van der Waals surface area contributed by atoms with Gasteiger partial charge in [-0.3, -0.25) is 9.59 Å². The first kappa shape index (κ1) is 24.3. The number of nitrogens with one attached hydrogen (secondary N) is 2. The highest BCUT2D eigenvalue weighted by Crippen LogP contribution is 2.31. The molecule has 0 unspecified atom stereocenters. The number of rotatable bonds is 8. The van der Waals surface area contributed by atoms with Crippen LogP contribution in [-0.4, -0.2) is 44.6 Å². The van der Waals surface area contributed by atoms with E-state index < -0.39 is 6.04 Å². The third-order valence-corrected chi connectivity index (χ3v) is 6.83. The Bertz CT molecular complexity index is 1150. The van der Waals surface area contributed by atoms with Crippen LogP contribution in [0.25, 0.3) is 11.4 Å². The van der Waals surface area contributed by atoms with Gasteiger partial charge in [0.2, 0.25) is 5.91 Å². The van der Waals surface area contributed by atoms with Crippen molar-refractivity contribution in [3.05, 3.63) is 64.9 Å². The maximum Gasteiger partial charge on any atom is 0.251 e. The fraction of sp³-hybridized carbons (Fsp3) is 0.360. The molecule has 1 aromatic heterocycles. The molecule has 1 aliphatic rings. The molecule has 0 radical (unpaired) electrons. The lowest BCUT2D eigenvalue weighted by atomic mass is 10.1. The lowest BCUT2D eigenvalue weighted by Gasteiger charge is -2.19. The largest absolute Gasteiger partial charge is 0.340 e. The Balaban J connectivity index is 1.53. The van der Waals surface area contributed by atoms with Crippen LogP contribution in [0.1, 0.15) is 41.9 Å². The number of thioether (sulfide) groups is 1. The average Bonchev–Trinajstić information content (AvgIpc) is 3.10. The summed E-state index contributed by atoms with van der Waals surface area (Å²) < 4.78 is 2.13. The normalized spacial score (nSPS) is 14.1. The third-order valence-electron chi connectivity index (χ3n) is 5.85. The Labute approximate surface area is 208 Å². The zero-order chi connectivity index (χ0) is 23.9. The number of carbonyl (C=O) groups is 2. The molecular weight excluding hydrogens is 470 g/mol. The van der Waals surface area contributed by atoms with Crippen molar-refractivity contribution in [2.45, 2.75) is 44.7 Å². The zero-order valence-electron chi connectivity index (χ0n) is 19.1. The van der Waals surface area contributed by atoms with Gasteiger partial charge in [0, 0.05) is 29.8 Å². The minimum atomic E-state index is -0.663. The number of aromatic nitrogens is 3. The smallest absolute Gasteiger partial charge is 0.251 e. The molecule has 0 spiro atoms. The molecule has 0 saturated carbocycles. The molecule has 1 aliphatic heterocycles. The van der Waals surface area contributed by atoms with E-state index in [-0.39, 0.29) is 11.8 Å². The van der Waals surface area contributed by atoms with Crippen molar-refractivity contribution in [2.24, 2.45) is 0 Å². The number of benzene rings is 2. The lowest BCUT2D eigenvalue weighted by Crippen LogP contribution is -2.44. The standard InChI is InChI=1S/C25H28ClN5O2S/c1-34-15-13-21(28-24(32)17-8-4-2-5-9-17)25(33)27-18-11-12-20(26)19(16-18)23-30-29-22-10-6-3-7-14-31(22)23/h2,4-5,8-9,11-12,16,21H,3,6-7,10,13-15H2,1H3,(H,27,33)(H,28,32)/t21-/m0/s1. The Morgan fingerprint density at radius 1 is 1.12 bits per heavy atom. The molecule has 34 heavy (non-hydrogen) atoms. The molecule has 0 fully saturated rings. The molecular formula is C25H28ClN5O2S. The molecule has 9 heteroatoms. The van der Waals surface area contributed by atoms with Gasteiger partial charge in [-0.05, 0) is 61.6 Å².